The number of hydrogen-bond donors (Lipinski definition) is 1. The Labute approximate surface area is 186 Å². The van der Waals surface area contributed by atoms with Gasteiger partial charge in [-0.1, -0.05) is 43.3 Å². The Balaban J connectivity index is 1.28. The van der Waals surface area contributed by atoms with Gasteiger partial charge in [0.25, 0.3) is 0 Å². The molecule has 2 saturated carbocycles. The molecule has 31 heavy (non-hydrogen) atoms. The summed E-state index contributed by atoms with van der Waals surface area (Å²) in [4.78, 5) is 0. The van der Waals surface area contributed by atoms with Crippen LogP contribution in [-0.2, 0) is 17.8 Å². The predicted octanol–water partition coefficient (Wildman–Crippen LogP) is 5.89. The number of rotatable bonds is 7. The van der Waals surface area contributed by atoms with Crippen LogP contribution in [0.5, 0.6) is 5.75 Å². The van der Waals surface area contributed by atoms with Crippen molar-refractivity contribution in [1.82, 2.24) is 0 Å². The number of aryl methyl sites for hydroxylation is 1. The molecule has 0 heterocycles. The molecule has 3 aliphatic rings. The summed E-state index contributed by atoms with van der Waals surface area (Å²) in [6.07, 6.45) is 8.61. The first-order chi connectivity index (χ1) is 15.2. The molecular formula is C28H36O3. The molecule has 5 rings (SSSR count). The van der Waals surface area contributed by atoms with Crippen LogP contribution in [0.2, 0.25) is 0 Å². The summed E-state index contributed by atoms with van der Waals surface area (Å²) < 4.78 is 12.4. The van der Waals surface area contributed by atoms with E-state index in [4.69, 9.17) is 14.6 Å². The first kappa shape index (κ1) is 21.0. The Kier molecular flexibility index (Phi) is 6.08. The lowest BCUT2D eigenvalue weighted by atomic mass is 9.55. The zero-order chi connectivity index (χ0) is 21.3. The van der Waals surface area contributed by atoms with Crippen molar-refractivity contribution in [3.63, 3.8) is 0 Å². The Bertz CT molecular complexity index is 879. The molecule has 0 amide bonds. The molecule has 3 nitrogen and oxygen atoms in total. The van der Waals surface area contributed by atoms with Crippen LogP contribution in [0.15, 0.2) is 48.5 Å². The monoisotopic (exact) mass is 420 g/mol. The first-order valence-electron chi connectivity index (χ1n) is 12.2. The molecule has 166 valence electrons. The Morgan fingerprint density at radius 2 is 1.90 bits per heavy atom. The van der Waals surface area contributed by atoms with Gasteiger partial charge in [-0.15, -0.1) is 0 Å². The van der Waals surface area contributed by atoms with Crippen molar-refractivity contribution in [1.29, 1.82) is 0 Å². The molecule has 0 spiro atoms. The third-order valence-corrected chi connectivity index (χ3v) is 8.48. The number of aliphatic hydroxyl groups is 1. The summed E-state index contributed by atoms with van der Waals surface area (Å²) in [7, 11) is 0. The average molecular weight is 421 g/mol. The maximum absolute atomic E-state index is 9.11. The molecule has 0 unspecified atom stereocenters. The number of benzene rings is 2. The minimum Gasteiger partial charge on any atom is -0.489 e. The van der Waals surface area contributed by atoms with E-state index in [-0.39, 0.29) is 6.61 Å². The fourth-order valence-electron chi connectivity index (χ4n) is 6.91. The van der Waals surface area contributed by atoms with E-state index in [0.717, 1.165) is 24.0 Å². The summed E-state index contributed by atoms with van der Waals surface area (Å²) in [6.45, 7) is 4.04. The molecular weight excluding hydrogens is 384 g/mol. The van der Waals surface area contributed by atoms with E-state index in [2.05, 4.69) is 49.4 Å². The highest BCUT2D eigenvalue weighted by Gasteiger charge is 2.55. The highest BCUT2D eigenvalue weighted by molar-refractivity contribution is 5.41. The van der Waals surface area contributed by atoms with Gasteiger partial charge in [0.2, 0.25) is 0 Å². The van der Waals surface area contributed by atoms with E-state index in [1.807, 2.05) is 6.07 Å². The zero-order valence-corrected chi connectivity index (χ0v) is 18.8. The van der Waals surface area contributed by atoms with Gasteiger partial charge in [0.05, 0.1) is 6.10 Å². The Morgan fingerprint density at radius 1 is 1.03 bits per heavy atom. The van der Waals surface area contributed by atoms with Crippen LogP contribution in [0.3, 0.4) is 0 Å². The van der Waals surface area contributed by atoms with E-state index < -0.39 is 0 Å². The van der Waals surface area contributed by atoms with E-state index in [1.165, 1.54) is 49.7 Å². The second-order valence-corrected chi connectivity index (χ2v) is 10.1. The quantitative estimate of drug-likeness (QED) is 0.568. The molecule has 0 saturated heterocycles. The van der Waals surface area contributed by atoms with Crippen molar-refractivity contribution < 1.29 is 14.6 Å². The van der Waals surface area contributed by atoms with Crippen LogP contribution in [0.4, 0.5) is 0 Å². The lowest BCUT2D eigenvalue weighted by Crippen LogP contribution is -2.44. The predicted molar refractivity (Wildman–Crippen MR) is 123 cm³/mol. The average Bonchev–Trinajstić information content (AvgIpc) is 3.14. The molecule has 0 bridgehead atoms. The van der Waals surface area contributed by atoms with Crippen molar-refractivity contribution in [2.24, 2.45) is 17.3 Å². The summed E-state index contributed by atoms with van der Waals surface area (Å²) in [5.41, 5.74) is 4.61. The molecule has 2 aromatic rings. The lowest BCUT2D eigenvalue weighted by Gasteiger charge is -2.50. The molecule has 0 aromatic heterocycles. The van der Waals surface area contributed by atoms with Crippen LogP contribution in [0.25, 0.3) is 0 Å². The van der Waals surface area contributed by atoms with Crippen molar-refractivity contribution in [3.05, 3.63) is 65.2 Å². The fourth-order valence-corrected chi connectivity index (χ4v) is 6.91. The minimum absolute atomic E-state index is 0.228. The SMILES string of the molecule is C[C@]12CC[C@@H]3c4ccc(OCc5ccccc5)cc4CC[C@H]3[C@@H]1CC[C@@H]2OCCCO. The highest BCUT2D eigenvalue weighted by Crippen LogP contribution is 2.61. The van der Waals surface area contributed by atoms with E-state index in [0.29, 0.717) is 30.7 Å². The molecule has 3 aliphatic carbocycles. The molecule has 0 aliphatic heterocycles. The standard InChI is InChI=1S/C28H36O3/c1-28-15-14-24-23-11-9-22(31-19-20-6-3-2-4-7-20)18-21(23)8-10-25(24)26(28)12-13-27(28)30-17-5-16-29/h2-4,6-7,9,11,18,24-27,29H,5,8,10,12-17,19H2,1H3/t24-,25-,26+,27+,28+/m1/s1. The summed E-state index contributed by atoms with van der Waals surface area (Å²) in [5, 5.41) is 9.11. The smallest absolute Gasteiger partial charge is 0.120 e. The maximum Gasteiger partial charge on any atom is 0.120 e. The van der Waals surface area contributed by atoms with E-state index in [1.54, 1.807) is 5.56 Å². The molecule has 3 heteroatoms. The van der Waals surface area contributed by atoms with Crippen LogP contribution >= 0.6 is 0 Å². The summed E-state index contributed by atoms with van der Waals surface area (Å²) in [5.74, 6) is 3.25. The molecule has 5 atom stereocenters. The van der Waals surface area contributed by atoms with Crippen molar-refractivity contribution >= 4 is 0 Å². The van der Waals surface area contributed by atoms with Gasteiger partial charge in [0, 0.05) is 13.2 Å². The normalized spacial score (nSPS) is 31.5. The topological polar surface area (TPSA) is 38.7 Å². The van der Waals surface area contributed by atoms with Crippen LogP contribution < -0.4 is 4.74 Å². The second kappa shape index (κ2) is 8.96. The maximum atomic E-state index is 9.11. The van der Waals surface area contributed by atoms with Crippen LogP contribution in [0, 0.1) is 17.3 Å². The fraction of sp³-hybridized carbons (Fsp3) is 0.571. The van der Waals surface area contributed by atoms with Gasteiger partial charge in [0.15, 0.2) is 0 Å². The van der Waals surface area contributed by atoms with Gasteiger partial charge in [-0.2, -0.15) is 0 Å². The number of hydrogen-bond acceptors (Lipinski definition) is 3. The molecule has 1 N–H and O–H groups in total. The highest BCUT2D eigenvalue weighted by atomic mass is 16.5. The summed E-state index contributed by atoms with van der Waals surface area (Å²) >= 11 is 0. The number of aliphatic hydroxyl groups excluding tert-OH is 1. The third-order valence-electron chi connectivity index (χ3n) is 8.48. The Hall–Kier alpha value is -1.84. The van der Waals surface area contributed by atoms with Crippen molar-refractivity contribution in [2.75, 3.05) is 13.2 Å². The molecule has 2 fully saturated rings. The van der Waals surface area contributed by atoms with E-state index in [9.17, 15) is 0 Å². The van der Waals surface area contributed by atoms with Crippen molar-refractivity contribution in [3.8, 4) is 5.75 Å². The molecule has 2 aromatic carbocycles. The Morgan fingerprint density at radius 3 is 2.74 bits per heavy atom. The third kappa shape index (κ3) is 4.03. The van der Waals surface area contributed by atoms with Crippen LogP contribution in [-0.4, -0.2) is 24.4 Å². The minimum atomic E-state index is 0.228. The van der Waals surface area contributed by atoms with Gasteiger partial charge in [0.1, 0.15) is 12.4 Å². The largest absolute Gasteiger partial charge is 0.489 e. The van der Waals surface area contributed by atoms with Gasteiger partial charge < -0.3 is 14.6 Å². The number of ether oxygens (including phenoxy) is 2. The van der Waals surface area contributed by atoms with Gasteiger partial charge >= 0.3 is 0 Å². The number of fused-ring (bicyclic) bond motifs is 5. The summed E-state index contributed by atoms with van der Waals surface area (Å²) in [6, 6.07) is 17.3. The van der Waals surface area contributed by atoms with E-state index >= 15 is 0 Å². The lowest BCUT2D eigenvalue weighted by molar-refractivity contribution is -0.0661. The molecule has 0 radical (unpaired) electrons. The van der Waals surface area contributed by atoms with Gasteiger partial charge in [-0.3, -0.25) is 0 Å². The van der Waals surface area contributed by atoms with Gasteiger partial charge in [-0.25, -0.2) is 0 Å². The second-order valence-electron chi connectivity index (χ2n) is 10.1. The van der Waals surface area contributed by atoms with Gasteiger partial charge in [-0.05, 0) is 96.9 Å². The first-order valence-corrected chi connectivity index (χ1v) is 12.2. The zero-order valence-electron chi connectivity index (χ0n) is 18.8. The van der Waals surface area contributed by atoms with Crippen LogP contribution in [0.1, 0.15) is 68.1 Å². The van der Waals surface area contributed by atoms with Crippen molar-refractivity contribution in [2.45, 2.75) is 70.5 Å².